The monoisotopic (exact) mass is 295 g/mol. The van der Waals surface area contributed by atoms with Crippen molar-refractivity contribution in [2.75, 3.05) is 11.5 Å². The second-order valence-electron chi connectivity index (χ2n) is 5.35. The first-order chi connectivity index (χ1) is 9.41. The Hall–Kier alpha value is -0.960. The average Bonchev–Trinajstić information content (AvgIpc) is 2.34. The summed E-state index contributed by atoms with van der Waals surface area (Å²) in [5.74, 6) is -0.160. The van der Waals surface area contributed by atoms with Crippen LogP contribution in [-0.4, -0.2) is 17.5 Å². The third kappa shape index (κ3) is 13.5. The van der Waals surface area contributed by atoms with E-state index < -0.39 is 5.97 Å². The second-order valence-corrected chi connectivity index (χ2v) is 6.38. The quantitative estimate of drug-likeness (QED) is 0.453. The van der Waals surface area contributed by atoms with Gasteiger partial charge in [-0.1, -0.05) is 34.9 Å². The molecule has 0 bridgehead atoms. The Morgan fingerprint density at radius 1 is 0.950 bits per heavy atom. The van der Waals surface area contributed by atoms with Crippen LogP contribution in [0.25, 0.3) is 0 Å². The Balaban J connectivity index is 3.82. The minimum atomic E-state index is -0.990. The third-order valence-electron chi connectivity index (χ3n) is 2.89. The number of carboxylic acid groups (broad SMARTS) is 1. The maximum Gasteiger partial charge on any atom is 0.0513 e. The highest BCUT2D eigenvalue weighted by atomic mass is 32.2. The maximum absolute atomic E-state index is 10.3. The van der Waals surface area contributed by atoms with E-state index in [4.69, 9.17) is 0 Å². The smallest absolute Gasteiger partial charge is 0.0513 e. The average molecular weight is 295 g/mol. The molecule has 0 fully saturated rings. The zero-order valence-corrected chi connectivity index (χ0v) is 14.0. The molecule has 0 aliphatic heterocycles. The number of carbonyl (C=O) groups excluding carboxylic acids is 1. The first-order valence-corrected chi connectivity index (χ1v) is 8.29. The van der Waals surface area contributed by atoms with E-state index in [0.717, 1.165) is 31.4 Å². The van der Waals surface area contributed by atoms with E-state index in [0.29, 0.717) is 0 Å². The molecule has 0 heterocycles. The molecular weight excluding hydrogens is 268 g/mol. The van der Waals surface area contributed by atoms with Crippen molar-refractivity contribution in [1.29, 1.82) is 0 Å². The summed E-state index contributed by atoms with van der Waals surface area (Å²) in [6, 6.07) is 0. The summed E-state index contributed by atoms with van der Waals surface area (Å²) in [7, 11) is 0. The molecule has 114 valence electrons. The predicted octanol–water partition coefficient (Wildman–Crippen LogP) is 3.89. The van der Waals surface area contributed by atoms with Crippen LogP contribution < -0.4 is 5.11 Å². The third-order valence-corrected chi connectivity index (χ3v) is 3.73. The van der Waals surface area contributed by atoms with Gasteiger partial charge in [-0.15, -0.1) is 0 Å². The van der Waals surface area contributed by atoms with Gasteiger partial charge in [0, 0.05) is 11.5 Å². The maximum atomic E-state index is 10.3. The van der Waals surface area contributed by atoms with Gasteiger partial charge in [-0.3, -0.25) is 0 Å². The molecule has 0 rings (SSSR count). The molecule has 0 saturated carbocycles. The van der Waals surface area contributed by atoms with Crippen LogP contribution >= 0.6 is 11.8 Å². The van der Waals surface area contributed by atoms with Crippen molar-refractivity contribution < 1.29 is 9.90 Å². The number of thioether (sulfide) groups is 1. The molecular formula is C17H27O2S-. The molecule has 0 saturated heterocycles. The first-order valence-electron chi connectivity index (χ1n) is 7.14. The summed E-state index contributed by atoms with van der Waals surface area (Å²) in [6.07, 6.45) is 11.1. The molecule has 0 amide bonds. The molecule has 3 heteroatoms. The SMILES string of the molecule is CC(C)=CCC/C(C)=C/CC/C(C)=C/CSCC(=O)[O-]. The van der Waals surface area contributed by atoms with Crippen molar-refractivity contribution in [3.8, 4) is 0 Å². The Kier molecular flexibility index (Phi) is 11.3. The summed E-state index contributed by atoms with van der Waals surface area (Å²) < 4.78 is 0. The van der Waals surface area contributed by atoms with Crippen LogP contribution in [0.3, 0.4) is 0 Å². The summed E-state index contributed by atoms with van der Waals surface area (Å²) in [5, 5.41) is 10.3. The number of hydrogen-bond acceptors (Lipinski definition) is 3. The Bertz CT molecular complexity index is 374. The first kappa shape index (κ1) is 19.0. The van der Waals surface area contributed by atoms with Gasteiger partial charge in [0.05, 0.1) is 5.97 Å². The fraction of sp³-hybridized carbons (Fsp3) is 0.588. The molecule has 0 aromatic carbocycles. The van der Waals surface area contributed by atoms with E-state index >= 15 is 0 Å². The minimum absolute atomic E-state index is 0.0765. The van der Waals surface area contributed by atoms with Crippen LogP contribution in [0.1, 0.15) is 53.4 Å². The van der Waals surface area contributed by atoms with Gasteiger partial charge >= 0.3 is 0 Å². The minimum Gasteiger partial charge on any atom is -0.549 e. The van der Waals surface area contributed by atoms with E-state index in [-0.39, 0.29) is 5.75 Å². The van der Waals surface area contributed by atoms with Gasteiger partial charge in [0.25, 0.3) is 0 Å². The lowest BCUT2D eigenvalue weighted by Crippen LogP contribution is -2.24. The van der Waals surface area contributed by atoms with Crippen LogP contribution in [0.2, 0.25) is 0 Å². The van der Waals surface area contributed by atoms with E-state index in [1.54, 1.807) is 0 Å². The summed E-state index contributed by atoms with van der Waals surface area (Å²) in [6.45, 7) is 8.55. The van der Waals surface area contributed by atoms with Crippen LogP contribution in [0.5, 0.6) is 0 Å². The van der Waals surface area contributed by atoms with E-state index in [9.17, 15) is 9.90 Å². The van der Waals surface area contributed by atoms with Crippen LogP contribution in [0, 0.1) is 0 Å². The molecule has 0 aromatic heterocycles. The van der Waals surface area contributed by atoms with Gasteiger partial charge in [-0.2, -0.15) is 11.8 Å². The lowest BCUT2D eigenvalue weighted by molar-refractivity contribution is -0.301. The lowest BCUT2D eigenvalue weighted by Gasteiger charge is -2.02. The number of aliphatic carboxylic acids is 1. The van der Waals surface area contributed by atoms with Crippen molar-refractivity contribution in [3.63, 3.8) is 0 Å². The van der Waals surface area contributed by atoms with Gasteiger partial charge < -0.3 is 9.90 Å². The highest BCUT2D eigenvalue weighted by Gasteiger charge is 1.92. The zero-order chi connectivity index (χ0) is 15.4. The topological polar surface area (TPSA) is 40.1 Å². The van der Waals surface area contributed by atoms with E-state index in [2.05, 4.69) is 45.9 Å². The molecule has 0 atom stereocenters. The fourth-order valence-electron chi connectivity index (χ4n) is 1.68. The highest BCUT2D eigenvalue weighted by Crippen LogP contribution is 2.12. The number of carbonyl (C=O) groups is 1. The summed E-state index contributed by atoms with van der Waals surface area (Å²) >= 11 is 1.38. The van der Waals surface area contributed by atoms with Crippen LogP contribution in [-0.2, 0) is 4.79 Å². The molecule has 0 aliphatic rings. The molecule has 0 spiro atoms. The molecule has 0 aromatic rings. The van der Waals surface area contributed by atoms with Crippen molar-refractivity contribution in [2.24, 2.45) is 0 Å². The number of allylic oxidation sites excluding steroid dienone is 5. The molecule has 0 aliphatic carbocycles. The molecule has 2 nitrogen and oxygen atoms in total. The largest absolute Gasteiger partial charge is 0.549 e. The number of carboxylic acids is 1. The van der Waals surface area contributed by atoms with E-state index in [1.165, 1.54) is 28.5 Å². The van der Waals surface area contributed by atoms with Crippen molar-refractivity contribution in [1.82, 2.24) is 0 Å². The fourth-order valence-corrected chi connectivity index (χ4v) is 2.37. The van der Waals surface area contributed by atoms with Gasteiger partial charge in [0.1, 0.15) is 0 Å². The van der Waals surface area contributed by atoms with Crippen molar-refractivity contribution >= 4 is 17.7 Å². The lowest BCUT2D eigenvalue weighted by atomic mass is 10.1. The van der Waals surface area contributed by atoms with Gasteiger partial charge in [0.15, 0.2) is 0 Å². The standard InChI is InChI=1S/C17H28O2S/c1-14(2)7-5-8-15(3)9-6-10-16(4)11-12-20-13-17(18)19/h7,9,11H,5-6,8,10,12-13H2,1-4H3,(H,18,19)/p-1/b15-9+,16-11+. The zero-order valence-electron chi connectivity index (χ0n) is 13.2. The second kappa shape index (κ2) is 11.8. The van der Waals surface area contributed by atoms with E-state index in [1.807, 2.05) is 0 Å². The predicted molar refractivity (Wildman–Crippen MR) is 87.7 cm³/mol. The highest BCUT2D eigenvalue weighted by molar-refractivity contribution is 8.00. The van der Waals surface area contributed by atoms with Gasteiger partial charge in [0.2, 0.25) is 0 Å². The molecule has 0 N–H and O–H groups in total. The summed E-state index contributed by atoms with van der Waals surface area (Å²) in [4.78, 5) is 10.3. The van der Waals surface area contributed by atoms with Crippen LogP contribution in [0.4, 0.5) is 0 Å². The molecule has 0 radical (unpaired) electrons. The molecule has 20 heavy (non-hydrogen) atoms. The molecule has 0 unspecified atom stereocenters. The Morgan fingerprint density at radius 2 is 1.50 bits per heavy atom. The Morgan fingerprint density at radius 3 is 2.05 bits per heavy atom. The van der Waals surface area contributed by atoms with Crippen molar-refractivity contribution in [2.45, 2.75) is 53.4 Å². The van der Waals surface area contributed by atoms with Gasteiger partial charge in [-0.25, -0.2) is 0 Å². The summed E-state index contributed by atoms with van der Waals surface area (Å²) in [5.41, 5.74) is 4.15. The normalized spacial score (nSPS) is 12.4. The van der Waals surface area contributed by atoms with Crippen molar-refractivity contribution in [3.05, 3.63) is 34.9 Å². The number of rotatable bonds is 10. The van der Waals surface area contributed by atoms with Gasteiger partial charge in [-0.05, 0) is 53.4 Å². The van der Waals surface area contributed by atoms with Crippen LogP contribution in [0.15, 0.2) is 34.9 Å². The number of hydrogen-bond donors (Lipinski definition) is 0. The Labute approximate surface area is 128 Å².